The van der Waals surface area contributed by atoms with Crippen molar-refractivity contribution in [2.75, 3.05) is 7.11 Å². The molecule has 142 valence electrons. The van der Waals surface area contributed by atoms with Crippen LogP contribution in [0.25, 0.3) is 5.65 Å². The summed E-state index contributed by atoms with van der Waals surface area (Å²) in [6, 6.07) is 15.8. The van der Waals surface area contributed by atoms with Crippen molar-refractivity contribution in [3.8, 4) is 5.75 Å². The largest absolute Gasteiger partial charge is 0.497 e. The molecule has 2 heterocycles. The van der Waals surface area contributed by atoms with Crippen molar-refractivity contribution in [2.24, 2.45) is 0 Å². The summed E-state index contributed by atoms with van der Waals surface area (Å²) in [5, 5.41) is 5.27. The number of hydrogen-bond donors (Lipinski definition) is 0. The Bertz CT molecular complexity index is 1180. The molecule has 0 saturated heterocycles. The van der Waals surface area contributed by atoms with Crippen LogP contribution in [0.4, 0.5) is 0 Å². The maximum absolute atomic E-state index is 12.8. The number of benzene rings is 2. The topological polar surface area (TPSA) is 61.4 Å². The molecule has 0 radical (unpaired) electrons. The molecule has 0 bridgehead atoms. The Labute approximate surface area is 166 Å². The Hall–Kier alpha value is -3.06. The lowest BCUT2D eigenvalue weighted by Crippen LogP contribution is -2.21. The van der Waals surface area contributed by atoms with Crippen molar-refractivity contribution in [3.63, 3.8) is 0 Å². The van der Waals surface area contributed by atoms with Gasteiger partial charge in [0.05, 0.1) is 13.7 Å². The van der Waals surface area contributed by atoms with Crippen LogP contribution in [0, 0.1) is 0 Å². The molecule has 6 nitrogen and oxygen atoms in total. The van der Waals surface area contributed by atoms with Gasteiger partial charge in [-0.25, -0.2) is 18.9 Å². The zero-order valence-electron chi connectivity index (χ0n) is 15.7. The number of nitrogens with zero attached hydrogens (tertiary/aromatic N) is 4. The maximum Gasteiger partial charge on any atom is 0.350 e. The van der Waals surface area contributed by atoms with Crippen LogP contribution in [0.15, 0.2) is 75.6 Å². The maximum atomic E-state index is 12.8. The first-order valence-electron chi connectivity index (χ1n) is 9.02. The van der Waals surface area contributed by atoms with E-state index in [1.807, 2.05) is 36.4 Å². The number of methoxy groups -OCH3 is 1. The van der Waals surface area contributed by atoms with Crippen molar-refractivity contribution in [1.82, 2.24) is 19.2 Å². The second-order valence-electron chi connectivity index (χ2n) is 6.28. The average Bonchev–Trinajstić information content (AvgIpc) is 3.05. The van der Waals surface area contributed by atoms with E-state index in [4.69, 9.17) is 4.74 Å². The molecule has 0 aliphatic heterocycles. The summed E-state index contributed by atoms with van der Waals surface area (Å²) in [5.74, 6) is 0.753. The molecule has 0 spiro atoms. The standard InChI is InChI=1S/C21H20N4O2S/c1-3-16-8-4-5-10-18(16)28-20-19-23-25(21(26)24(19)12-11-22-20)14-15-7-6-9-17(13-15)27-2/h4-13H,3,14H2,1-2H3. The second-order valence-corrected chi connectivity index (χ2v) is 7.31. The Morgan fingerprint density at radius 3 is 2.82 bits per heavy atom. The summed E-state index contributed by atoms with van der Waals surface area (Å²) < 4.78 is 8.27. The predicted molar refractivity (Wildman–Crippen MR) is 109 cm³/mol. The minimum atomic E-state index is -0.189. The summed E-state index contributed by atoms with van der Waals surface area (Å²) in [7, 11) is 1.62. The quantitative estimate of drug-likeness (QED) is 0.501. The van der Waals surface area contributed by atoms with Gasteiger partial charge < -0.3 is 4.74 Å². The van der Waals surface area contributed by atoms with Gasteiger partial charge >= 0.3 is 5.69 Å². The van der Waals surface area contributed by atoms with Crippen molar-refractivity contribution in [1.29, 1.82) is 0 Å². The van der Waals surface area contributed by atoms with E-state index in [0.29, 0.717) is 17.2 Å². The first-order valence-corrected chi connectivity index (χ1v) is 9.84. The van der Waals surface area contributed by atoms with E-state index in [9.17, 15) is 4.79 Å². The van der Waals surface area contributed by atoms with Crippen LogP contribution in [0.5, 0.6) is 5.75 Å². The normalized spacial score (nSPS) is 11.1. The highest BCUT2D eigenvalue weighted by Gasteiger charge is 2.14. The van der Waals surface area contributed by atoms with E-state index in [1.54, 1.807) is 23.9 Å². The highest BCUT2D eigenvalue weighted by molar-refractivity contribution is 7.99. The van der Waals surface area contributed by atoms with E-state index in [2.05, 4.69) is 29.1 Å². The van der Waals surface area contributed by atoms with Crippen LogP contribution < -0.4 is 10.4 Å². The Morgan fingerprint density at radius 1 is 1.14 bits per heavy atom. The van der Waals surface area contributed by atoms with Crippen LogP contribution in [0.2, 0.25) is 0 Å². The van der Waals surface area contributed by atoms with E-state index < -0.39 is 0 Å². The lowest BCUT2D eigenvalue weighted by Gasteiger charge is -2.06. The lowest BCUT2D eigenvalue weighted by atomic mass is 10.2. The first kappa shape index (κ1) is 18.3. The van der Waals surface area contributed by atoms with Crippen molar-refractivity contribution in [3.05, 3.63) is 82.5 Å². The lowest BCUT2D eigenvalue weighted by molar-refractivity contribution is 0.414. The van der Waals surface area contributed by atoms with Crippen molar-refractivity contribution in [2.45, 2.75) is 29.8 Å². The third-order valence-electron chi connectivity index (χ3n) is 4.50. The van der Waals surface area contributed by atoms with Gasteiger partial charge in [0.1, 0.15) is 10.8 Å². The van der Waals surface area contributed by atoms with Crippen molar-refractivity contribution < 1.29 is 4.74 Å². The van der Waals surface area contributed by atoms with Gasteiger partial charge in [-0.1, -0.05) is 49.0 Å². The van der Waals surface area contributed by atoms with Gasteiger partial charge in [0.15, 0.2) is 5.65 Å². The molecular weight excluding hydrogens is 372 g/mol. The molecule has 0 fully saturated rings. The Balaban J connectivity index is 1.72. The fraction of sp³-hybridized carbons (Fsp3) is 0.190. The van der Waals surface area contributed by atoms with Gasteiger partial charge in [-0.3, -0.25) is 0 Å². The van der Waals surface area contributed by atoms with Crippen LogP contribution in [0.1, 0.15) is 18.1 Å². The minimum Gasteiger partial charge on any atom is -0.497 e. The molecule has 7 heteroatoms. The molecule has 0 aliphatic carbocycles. The molecule has 2 aromatic carbocycles. The van der Waals surface area contributed by atoms with Crippen LogP contribution >= 0.6 is 11.8 Å². The zero-order valence-corrected chi connectivity index (χ0v) is 16.5. The molecule has 0 saturated carbocycles. The average molecular weight is 392 g/mol. The van der Waals surface area contributed by atoms with Crippen LogP contribution in [0.3, 0.4) is 0 Å². The molecule has 0 atom stereocenters. The number of fused-ring (bicyclic) bond motifs is 1. The molecule has 28 heavy (non-hydrogen) atoms. The minimum absolute atomic E-state index is 0.189. The molecule has 4 rings (SSSR count). The molecule has 2 aromatic heterocycles. The monoisotopic (exact) mass is 392 g/mol. The Morgan fingerprint density at radius 2 is 2.00 bits per heavy atom. The van der Waals surface area contributed by atoms with Gasteiger partial charge in [-0.05, 0) is 35.7 Å². The summed E-state index contributed by atoms with van der Waals surface area (Å²) >= 11 is 1.54. The van der Waals surface area contributed by atoms with E-state index in [0.717, 1.165) is 22.6 Å². The van der Waals surface area contributed by atoms with Gasteiger partial charge in [0.25, 0.3) is 0 Å². The van der Waals surface area contributed by atoms with E-state index >= 15 is 0 Å². The molecule has 0 unspecified atom stereocenters. The first-order chi connectivity index (χ1) is 13.7. The van der Waals surface area contributed by atoms with E-state index in [-0.39, 0.29) is 5.69 Å². The Kier molecular flexibility index (Phi) is 5.16. The zero-order chi connectivity index (χ0) is 19.5. The molecule has 4 aromatic rings. The fourth-order valence-corrected chi connectivity index (χ4v) is 4.09. The van der Waals surface area contributed by atoms with Gasteiger partial charge in [0.2, 0.25) is 0 Å². The van der Waals surface area contributed by atoms with E-state index in [1.165, 1.54) is 22.0 Å². The summed E-state index contributed by atoms with van der Waals surface area (Å²) in [6.45, 7) is 2.49. The fourth-order valence-electron chi connectivity index (χ4n) is 3.04. The molecular formula is C21H20N4O2S. The summed E-state index contributed by atoms with van der Waals surface area (Å²) in [5.41, 5.74) is 2.56. The number of ether oxygens (including phenoxy) is 1. The third-order valence-corrected chi connectivity index (χ3v) is 5.60. The second kappa shape index (κ2) is 7.90. The summed E-state index contributed by atoms with van der Waals surface area (Å²) in [6.07, 6.45) is 4.23. The molecule has 0 aliphatic rings. The number of hydrogen-bond acceptors (Lipinski definition) is 5. The van der Waals surface area contributed by atoms with Gasteiger partial charge in [-0.15, -0.1) is 5.10 Å². The van der Waals surface area contributed by atoms with Crippen LogP contribution in [-0.4, -0.2) is 26.3 Å². The number of aromatic nitrogens is 4. The van der Waals surface area contributed by atoms with Gasteiger partial charge in [0, 0.05) is 17.3 Å². The predicted octanol–water partition coefficient (Wildman–Crippen LogP) is 3.66. The number of rotatable bonds is 6. The van der Waals surface area contributed by atoms with Gasteiger partial charge in [-0.2, -0.15) is 0 Å². The van der Waals surface area contributed by atoms with Crippen LogP contribution in [-0.2, 0) is 13.0 Å². The highest BCUT2D eigenvalue weighted by atomic mass is 32.2. The van der Waals surface area contributed by atoms with Crippen molar-refractivity contribution >= 4 is 17.4 Å². The molecule has 0 amide bonds. The highest BCUT2D eigenvalue weighted by Crippen LogP contribution is 2.31. The summed E-state index contributed by atoms with van der Waals surface area (Å²) in [4.78, 5) is 18.4. The number of aryl methyl sites for hydroxylation is 1. The smallest absolute Gasteiger partial charge is 0.350 e. The molecule has 0 N–H and O–H groups in total. The third kappa shape index (κ3) is 3.53. The SMILES string of the molecule is CCc1ccccc1Sc1nccn2c(=O)n(Cc3cccc(OC)c3)nc12.